The maximum absolute atomic E-state index is 10.3. The molecule has 2 nitrogen and oxygen atoms in total. The molecule has 1 amide bonds. The summed E-state index contributed by atoms with van der Waals surface area (Å²) in [6, 6.07) is 0. The maximum Gasteiger partial charge on any atom is 0.219 e. The molecule has 0 aromatic carbocycles. The highest BCUT2D eigenvalue weighted by molar-refractivity contribution is 5.72. The van der Waals surface area contributed by atoms with Crippen molar-refractivity contribution in [2.75, 3.05) is 13.6 Å². The van der Waals surface area contributed by atoms with Crippen molar-refractivity contribution in [3.63, 3.8) is 0 Å². The lowest BCUT2D eigenvalue weighted by atomic mass is 10.2. The van der Waals surface area contributed by atoms with Gasteiger partial charge in [0.05, 0.1) is 0 Å². The monoisotopic (exact) mass is 315 g/mol. The molecule has 2 heteroatoms. The highest BCUT2D eigenvalue weighted by Gasteiger charge is 1.93. The third kappa shape index (κ3) is 42.8. The second kappa shape index (κ2) is 32.1. The minimum atomic E-state index is 0.127. The Kier molecular flexibility index (Phi) is 47.8. The third-order valence-electron chi connectivity index (χ3n) is 2.27. The highest BCUT2D eigenvalue weighted by Crippen LogP contribution is 1.99. The predicted octanol–water partition coefficient (Wildman–Crippen LogP) is 6.87. The molecule has 0 bridgehead atoms. The quantitative estimate of drug-likeness (QED) is 0.520. The van der Waals surface area contributed by atoms with Crippen LogP contribution in [0.2, 0.25) is 0 Å². The molecule has 0 saturated heterocycles. The molecule has 0 atom stereocenters. The first-order valence-electron chi connectivity index (χ1n) is 8.87. The first-order valence-corrected chi connectivity index (χ1v) is 8.87. The second-order valence-electron chi connectivity index (χ2n) is 4.14. The fourth-order valence-electron chi connectivity index (χ4n) is 0.649. The number of rotatable bonds is 3. The standard InChI is InChI=1S/C9H16.C5H11NO.3C2H6/c1-5-9(4)7-6-8(2)3;1-4-6(3)5(2)7;3*1-2/h6-7H,5H2,1-4H3;4H2,1-3H3;3*1-2H3/b9-7+;;;;. The molecular formula is C20H45NO. The SMILES string of the molecule is CC.CC.CC.CC/C(C)=C/C=C(C)C.CCN(C)C(C)=O. The van der Waals surface area contributed by atoms with Gasteiger partial charge in [-0.25, -0.2) is 0 Å². The summed E-state index contributed by atoms with van der Waals surface area (Å²) in [5, 5.41) is 0. The van der Waals surface area contributed by atoms with Crippen LogP contribution in [-0.4, -0.2) is 24.4 Å². The zero-order valence-electron chi connectivity index (χ0n) is 17.9. The minimum absolute atomic E-state index is 0.127. The lowest BCUT2D eigenvalue weighted by Crippen LogP contribution is -2.22. The molecule has 0 fully saturated rings. The van der Waals surface area contributed by atoms with Crippen molar-refractivity contribution >= 4 is 5.91 Å². The van der Waals surface area contributed by atoms with E-state index in [0.717, 1.165) is 13.0 Å². The lowest BCUT2D eigenvalue weighted by molar-refractivity contribution is -0.127. The van der Waals surface area contributed by atoms with E-state index in [1.165, 1.54) is 11.1 Å². The van der Waals surface area contributed by atoms with Crippen molar-refractivity contribution in [3.05, 3.63) is 23.3 Å². The summed E-state index contributed by atoms with van der Waals surface area (Å²) in [5.41, 5.74) is 2.80. The van der Waals surface area contributed by atoms with Crippen LogP contribution in [0, 0.1) is 0 Å². The first-order chi connectivity index (χ1) is 10.3. The van der Waals surface area contributed by atoms with E-state index in [4.69, 9.17) is 0 Å². The van der Waals surface area contributed by atoms with Crippen molar-refractivity contribution in [1.82, 2.24) is 4.90 Å². The summed E-state index contributed by atoms with van der Waals surface area (Å²) < 4.78 is 0. The summed E-state index contributed by atoms with van der Waals surface area (Å²) in [6.45, 7) is 24.9. The topological polar surface area (TPSA) is 20.3 Å². The molecule has 0 saturated carbocycles. The first kappa shape index (κ1) is 32.8. The zero-order chi connectivity index (χ0) is 19.1. The average Bonchev–Trinajstić information content (AvgIpc) is 2.57. The smallest absolute Gasteiger partial charge is 0.219 e. The largest absolute Gasteiger partial charge is 0.346 e. The van der Waals surface area contributed by atoms with Gasteiger partial charge in [0.15, 0.2) is 0 Å². The fourth-order valence-corrected chi connectivity index (χ4v) is 0.649. The van der Waals surface area contributed by atoms with Gasteiger partial charge in [0.25, 0.3) is 0 Å². The summed E-state index contributed by atoms with van der Waals surface area (Å²) in [5.74, 6) is 0.127. The van der Waals surface area contributed by atoms with Gasteiger partial charge < -0.3 is 4.90 Å². The van der Waals surface area contributed by atoms with Gasteiger partial charge in [-0.15, -0.1) is 0 Å². The molecule has 0 N–H and O–H groups in total. The van der Waals surface area contributed by atoms with Gasteiger partial charge in [0, 0.05) is 20.5 Å². The van der Waals surface area contributed by atoms with E-state index in [0.29, 0.717) is 0 Å². The Morgan fingerprint density at radius 1 is 0.818 bits per heavy atom. The molecule has 0 spiro atoms. The Labute approximate surface area is 142 Å². The van der Waals surface area contributed by atoms with Crippen LogP contribution in [0.3, 0.4) is 0 Å². The average molecular weight is 316 g/mol. The van der Waals surface area contributed by atoms with Crippen LogP contribution in [0.25, 0.3) is 0 Å². The molecule has 0 heterocycles. The Bertz CT molecular complexity index is 248. The van der Waals surface area contributed by atoms with E-state index in [1.54, 1.807) is 18.9 Å². The number of amides is 1. The summed E-state index contributed by atoms with van der Waals surface area (Å²) in [6.07, 6.45) is 5.48. The Morgan fingerprint density at radius 2 is 1.18 bits per heavy atom. The number of hydrogen-bond acceptors (Lipinski definition) is 1. The van der Waals surface area contributed by atoms with Crippen LogP contribution in [0.5, 0.6) is 0 Å². The van der Waals surface area contributed by atoms with Crippen LogP contribution in [0.4, 0.5) is 0 Å². The number of allylic oxidation sites excluding steroid dienone is 4. The number of hydrogen-bond donors (Lipinski definition) is 0. The molecular weight excluding hydrogens is 270 g/mol. The molecule has 0 unspecified atom stereocenters. The molecule has 0 rings (SSSR count). The van der Waals surface area contributed by atoms with E-state index in [2.05, 4.69) is 39.8 Å². The van der Waals surface area contributed by atoms with E-state index >= 15 is 0 Å². The van der Waals surface area contributed by atoms with Crippen molar-refractivity contribution in [1.29, 1.82) is 0 Å². The highest BCUT2D eigenvalue weighted by atomic mass is 16.2. The van der Waals surface area contributed by atoms with Crippen molar-refractivity contribution < 1.29 is 4.79 Å². The number of carbonyl (C=O) groups excluding carboxylic acids is 1. The molecule has 0 aromatic rings. The van der Waals surface area contributed by atoms with Gasteiger partial charge in [-0.1, -0.05) is 71.8 Å². The van der Waals surface area contributed by atoms with Crippen LogP contribution in [0.15, 0.2) is 23.3 Å². The molecule has 0 aliphatic carbocycles. The van der Waals surface area contributed by atoms with E-state index in [9.17, 15) is 4.79 Å². The molecule has 0 radical (unpaired) electrons. The molecule has 0 aliphatic rings. The Hall–Kier alpha value is -1.05. The maximum atomic E-state index is 10.3. The van der Waals surface area contributed by atoms with Crippen molar-refractivity contribution in [2.45, 2.75) is 89.5 Å². The lowest BCUT2D eigenvalue weighted by Gasteiger charge is -2.09. The van der Waals surface area contributed by atoms with Gasteiger partial charge >= 0.3 is 0 Å². The molecule has 136 valence electrons. The van der Waals surface area contributed by atoms with Crippen molar-refractivity contribution in [2.24, 2.45) is 0 Å². The summed E-state index contributed by atoms with van der Waals surface area (Å²) >= 11 is 0. The van der Waals surface area contributed by atoms with Crippen LogP contribution < -0.4 is 0 Å². The van der Waals surface area contributed by atoms with Gasteiger partial charge in [-0.3, -0.25) is 4.79 Å². The Morgan fingerprint density at radius 3 is 1.32 bits per heavy atom. The van der Waals surface area contributed by atoms with E-state index in [-0.39, 0.29) is 5.91 Å². The van der Waals surface area contributed by atoms with Gasteiger partial charge in [-0.2, -0.15) is 0 Å². The summed E-state index contributed by atoms with van der Waals surface area (Å²) in [4.78, 5) is 12.0. The van der Waals surface area contributed by atoms with Crippen molar-refractivity contribution in [3.8, 4) is 0 Å². The van der Waals surface area contributed by atoms with Gasteiger partial charge in [0.2, 0.25) is 5.91 Å². The fraction of sp³-hybridized carbons (Fsp3) is 0.750. The van der Waals surface area contributed by atoms with Crippen LogP contribution in [-0.2, 0) is 4.79 Å². The Balaban J connectivity index is -0.0000000660. The second-order valence-corrected chi connectivity index (χ2v) is 4.14. The number of nitrogens with zero attached hydrogens (tertiary/aromatic N) is 1. The van der Waals surface area contributed by atoms with E-state index in [1.807, 2.05) is 48.5 Å². The van der Waals surface area contributed by atoms with E-state index < -0.39 is 0 Å². The molecule has 22 heavy (non-hydrogen) atoms. The van der Waals surface area contributed by atoms with Crippen LogP contribution in [0.1, 0.15) is 89.5 Å². The normalized spacial score (nSPS) is 8.14. The predicted molar refractivity (Wildman–Crippen MR) is 107 cm³/mol. The molecule has 0 aromatic heterocycles. The minimum Gasteiger partial charge on any atom is -0.346 e. The van der Waals surface area contributed by atoms with Gasteiger partial charge in [0.1, 0.15) is 0 Å². The number of carbonyl (C=O) groups is 1. The third-order valence-corrected chi connectivity index (χ3v) is 2.27. The zero-order valence-corrected chi connectivity index (χ0v) is 17.9. The summed E-state index contributed by atoms with van der Waals surface area (Å²) in [7, 11) is 1.78. The van der Waals surface area contributed by atoms with Crippen LogP contribution >= 0.6 is 0 Å². The van der Waals surface area contributed by atoms with Gasteiger partial charge in [-0.05, 0) is 34.1 Å². The molecule has 0 aliphatic heterocycles.